The Bertz CT molecular complexity index is 1500. The maximum absolute atomic E-state index is 13.1. The predicted octanol–water partition coefficient (Wildman–Crippen LogP) is 2.55. The van der Waals surface area contributed by atoms with Gasteiger partial charge in [0.15, 0.2) is 5.82 Å². The molecule has 3 saturated heterocycles. The van der Waals surface area contributed by atoms with Crippen molar-refractivity contribution in [2.24, 2.45) is 0 Å². The van der Waals surface area contributed by atoms with Crippen LogP contribution in [-0.4, -0.2) is 122 Å². The Kier molecular flexibility index (Phi) is 9.54. The van der Waals surface area contributed by atoms with E-state index < -0.39 is 12.1 Å². The summed E-state index contributed by atoms with van der Waals surface area (Å²) in [6.07, 6.45) is 1.45. The number of rotatable bonds is 7. The zero-order valence-corrected chi connectivity index (χ0v) is 26.1. The van der Waals surface area contributed by atoms with Crippen LogP contribution in [0.5, 0.6) is 0 Å². The predicted molar refractivity (Wildman–Crippen MR) is 173 cm³/mol. The fourth-order valence-electron chi connectivity index (χ4n) is 5.72. The maximum atomic E-state index is 13.1. The van der Waals surface area contributed by atoms with Crippen LogP contribution in [0.15, 0.2) is 48.5 Å². The summed E-state index contributed by atoms with van der Waals surface area (Å²) in [6.45, 7) is 5.86. The molecule has 4 heterocycles. The number of amides is 4. The van der Waals surface area contributed by atoms with Gasteiger partial charge in [0, 0.05) is 69.3 Å². The van der Waals surface area contributed by atoms with Gasteiger partial charge in [0.1, 0.15) is 6.04 Å². The van der Waals surface area contributed by atoms with Gasteiger partial charge < -0.3 is 39.7 Å². The topological polar surface area (TPSA) is 145 Å². The highest BCUT2D eigenvalue weighted by Gasteiger charge is 2.35. The highest BCUT2D eigenvalue weighted by atomic mass is 16.5. The van der Waals surface area contributed by atoms with Gasteiger partial charge in [-0.15, -0.1) is 0 Å². The molecule has 6 rings (SSSR count). The minimum Gasteiger partial charge on any atom is -0.378 e. The smallest absolute Gasteiger partial charge is 0.323 e. The van der Waals surface area contributed by atoms with Crippen molar-refractivity contribution in [1.29, 1.82) is 0 Å². The molecule has 1 atom stereocenters. The summed E-state index contributed by atoms with van der Waals surface area (Å²) in [6, 6.07) is 13.1. The lowest BCUT2D eigenvalue weighted by Crippen LogP contribution is -2.45. The number of likely N-dealkylation sites (N-methyl/N-ethyl adjacent to an activating group) is 1. The fraction of sp³-hybridized carbons (Fsp3) is 0.438. The van der Waals surface area contributed by atoms with E-state index in [1.807, 2.05) is 12.1 Å². The molecule has 1 aromatic heterocycles. The van der Waals surface area contributed by atoms with Crippen LogP contribution in [0.3, 0.4) is 0 Å². The third kappa shape index (κ3) is 7.18. The molecule has 4 amide bonds. The summed E-state index contributed by atoms with van der Waals surface area (Å²) >= 11 is 0. The van der Waals surface area contributed by atoms with Gasteiger partial charge in [-0.05, 0) is 61.4 Å². The van der Waals surface area contributed by atoms with Crippen molar-refractivity contribution >= 4 is 41.1 Å². The van der Waals surface area contributed by atoms with Crippen molar-refractivity contribution in [3.05, 3.63) is 54.1 Å². The highest BCUT2D eigenvalue weighted by molar-refractivity contribution is 6.01. The van der Waals surface area contributed by atoms with Gasteiger partial charge in [0.05, 0.1) is 26.4 Å². The SMILES string of the molecule is CN(C)C(=O)[C@@H]1CCCN1C(=O)c1ccc(NC(=O)Nc2ccc(-c3nc(N4CCOCC4)nc(N4CCOCC4)n3)cc2)cc1. The first-order chi connectivity index (χ1) is 22.4. The van der Waals surface area contributed by atoms with E-state index in [1.54, 1.807) is 55.4 Å². The normalized spacial score (nSPS) is 18.3. The van der Waals surface area contributed by atoms with Gasteiger partial charge in [-0.2, -0.15) is 15.0 Å². The molecule has 0 radical (unpaired) electrons. The quantitative estimate of drug-likeness (QED) is 0.400. The summed E-state index contributed by atoms with van der Waals surface area (Å²) in [4.78, 5) is 60.1. The number of nitrogens with one attached hydrogen (secondary N) is 2. The largest absolute Gasteiger partial charge is 0.378 e. The summed E-state index contributed by atoms with van der Waals surface area (Å²) in [7, 11) is 3.39. The number of aromatic nitrogens is 3. The van der Waals surface area contributed by atoms with Crippen molar-refractivity contribution in [2.75, 3.05) is 93.7 Å². The molecule has 2 N–H and O–H groups in total. The molecular weight excluding hydrogens is 590 g/mol. The molecule has 0 bridgehead atoms. The second kappa shape index (κ2) is 14.1. The average molecular weight is 630 g/mol. The maximum Gasteiger partial charge on any atom is 0.323 e. The van der Waals surface area contributed by atoms with E-state index in [0.717, 1.165) is 12.0 Å². The third-order valence-electron chi connectivity index (χ3n) is 8.23. The Balaban J connectivity index is 1.09. The third-order valence-corrected chi connectivity index (χ3v) is 8.23. The Labute approximate surface area is 267 Å². The Morgan fingerprint density at radius 2 is 1.26 bits per heavy atom. The number of carbonyl (C=O) groups excluding carboxylic acids is 3. The van der Waals surface area contributed by atoms with Crippen molar-refractivity contribution in [3.8, 4) is 11.4 Å². The number of nitrogens with zero attached hydrogens (tertiary/aromatic N) is 7. The second-order valence-corrected chi connectivity index (χ2v) is 11.6. The van der Waals surface area contributed by atoms with Crippen LogP contribution < -0.4 is 20.4 Å². The molecule has 2 aromatic carbocycles. The minimum absolute atomic E-state index is 0.0716. The molecule has 3 aromatic rings. The summed E-state index contributed by atoms with van der Waals surface area (Å²) in [5.41, 5.74) is 2.39. The van der Waals surface area contributed by atoms with Crippen molar-refractivity contribution in [2.45, 2.75) is 18.9 Å². The number of anilines is 4. The van der Waals surface area contributed by atoms with E-state index >= 15 is 0 Å². The Morgan fingerprint density at radius 3 is 1.78 bits per heavy atom. The van der Waals surface area contributed by atoms with Crippen LogP contribution in [-0.2, 0) is 14.3 Å². The molecule has 0 spiro atoms. The molecule has 3 fully saturated rings. The molecule has 3 aliphatic rings. The lowest BCUT2D eigenvalue weighted by atomic mass is 10.1. The van der Waals surface area contributed by atoms with E-state index in [-0.39, 0.29) is 11.8 Å². The van der Waals surface area contributed by atoms with E-state index in [2.05, 4.69) is 20.4 Å². The van der Waals surface area contributed by atoms with Crippen LogP contribution in [0.1, 0.15) is 23.2 Å². The van der Waals surface area contributed by atoms with Gasteiger partial charge in [0.2, 0.25) is 17.8 Å². The van der Waals surface area contributed by atoms with Crippen LogP contribution >= 0.6 is 0 Å². The zero-order chi connectivity index (χ0) is 32.0. The first-order valence-corrected chi connectivity index (χ1v) is 15.6. The minimum atomic E-state index is -0.443. The molecule has 46 heavy (non-hydrogen) atoms. The van der Waals surface area contributed by atoms with E-state index in [1.165, 1.54) is 4.90 Å². The van der Waals surface area contributed by atoms with Crippen LogP contribution in [0.2, 0.25) is 0 Å². The van der Waals surface area contributed by atoms with Gasteiger partial charge in [-0.1, -0.05) is 0 Å². The Morgan fingerprint density at radius 1 is 0.739 bits per heavy atom. The lowest BCUT2D eigenvalue weighted by molar-refractivity contribution is -0.132. The van der Waals surface area contributed by atoms with Crippen molar-refractivity contribution < 1.29 is 23.9 Å². The second-order valence-electron chi connectivity index (χ2n) is 11.6. The number of benzene rings is 2. The zero-order valence-electron chi connectivity index (χ0n) is 26.1. The molecule has 0 aliphatic carbocycles. The molecule has 14 heteroatoms. The standard InChI is InChI=1S/C32H39N9O5/c1-38(2)29(43)26-4-3-13-41(26)28(42)23-7-11-25(12-8-23)34-32(44)33-24-9-5-22(6-10-24)27-35-30(39-14-18-45-19-15-39)37-31(36-27)40-16-20-46-21-17-40/h5-12,26H,3-4,13-21H2,1-2H3,(H2,33,34,44)/t26-/m0/s1. The Hall–Kier alpha value is -4.82. The molecule has 3 aliphatic heterocycles. The van der Waals surface area contributed by atoms with Gasteiger partial charge in [-0.3, -0.25) is 9.59 Å². The number of hydrogen-bond donors (Lipinski definition) is 2. The molecule has 242 valence electrons. The van der Waals surface area contributed by atoms with Gasteiger partial charge >= 0.3 is 6.03 Å². The van der Waals surface area contributed by atoms with E-state index in [4.69, 9.17) is 24.4 Å². The van der Waals surface area contributed by atoms with Crippen LogP contribution in [0.4, 0.5) is 28.1 Å². The average Bonchev–Trinajstić information content (AvgIpc) is 3.59. The first-order valence-electron chi connectivity index (χ1n) is 15.6. The molecule has 0 unspecified atom stereocenters. The molecule has 0 saturated carbocycles. The van der Waals surface area contributed by atoms with E-state index in [0.29, 0.717) is 100 Å². The lowest BCUT2D eigenvalue weighted by Gasteiger charge is -2.30. The summed E-state index contributed by atoms with van der Waals surface area (Å²) < 4.78 is 11.0. The summed E-state index contributed by atoms with van der Waals surface area (Å²) in [5, 5.41) is 5.64. The number of urea groups is 1. The van der Waals surface area contributed by atoms with E-state index in [9.17, 15) is 14.4 Å². The number of ether oxygens (including phenoxy) is 2. The van der Waals surface area contributed by atoms with Crippen molar-refractivity contribution in [3.63, 3.8) is 0 Å². The number of morpholine rings is 2. The number of hydrogen-bond acceptors (Lipinski definition) is 10. The molecule has 14 nitrogen and oxygen atoms in total. The number of carbonyl (C=O) groups is 3. The van der Waals surface area contributed by atoms with Gasteiger partial charge in [-0.25, -0.2) is 4.79 Å². The first kappa shape index (κ1) is 31.2. The molecular formula is C32H39N9O5. The van der Waals surface area contributed by atoms with Crippen LogP contribution in [0.25, 0.3) is 11.4 Å². The van der Waals surface area contributed by atoms with Crippen molar-refractivity contribution in [1.82, 2.24) is 24.8 Å². The van der Waals surface area contributed by atoms with Crippen LogP contribution in [0, 0.1) is 0 Å². The number of likely N-dealkylation sites (tertiary alicyclic amines) is 1. The fourth-order valence-corrected chi connectivity index (χ4v) is 5.72. The van der Waals surface area contributed by atoms with Gasteiger partial charge in [0.25, 0.3) is 5.91 Å². The highest BCUT2D eigenvalue weighted by Crippen LogP contribution is 2.25. The summed E-state index contributed by atoms with van der Waals surface area (Å²) in [5.74, 6) is 1.52. The monoisotopic (exact) mass is 629 g/mol.